The number of halogens is 1. The highest BCUT2D eigenvalue weighted by Crippen LogP contribution is 2.36. The van der Waals surface area contributed by atoms with E-state index in [2.05, 4.69) is 11.8 Å². The highest BCUT2D eigenvalue weighted by atomic mass is 35.5. The number of carbonyl (C=O) groups is 1. The lowest BCUT2D eigenvalue weighted by Gasteiger charge is -2.29. The third-order valence-electron chi connectivity index (χ3n) is 3.21. The molecule has 0 fully saturated rings. The van der Waals surface area contributed by atoms with Crippen molar-refractivity contribution in [1.82, 2.24) is 0 Å². The molecule has 0 radical (unpaired) electrons. The molecular formula is C16H19ClO3. The zero-order valence-corrected chi connectivity index (χ0v) is 12.9. The molecule has 1 atom stereocenters. The van der Waals surface area contributed by atoms with E-state index in [1.165, 1.54) is 0 Å². The van der Waals surface area contributed by atoms with Crippen LogP contribution in [-0.2, 0) is 10.2 Å². The van der Waals surface area contributed by atoms with Gasteiger partial charge in [-0.15, -0.1) is 5.92 Å². The van der Waals surface area contributed by atoms with Crippen LogP contribution in [0.15, 0.2) is 18.2 Å². The van der Waals surface area contributed by atoms with E-state index in [1.54, 1.807) is 25.1 Å². The normalized spacial score (nSPS) is 13.3. The van der Waals surface area contributed by atoms with Gasteiger partial charge in [-0.05, 0) is 37.5 Å². The van der Waals surface area contributed by atoms with Gasteiger partial charge in [0.05, 0.1) is 11.6 Å². The highest BCUT2D eigenvalue weighted by molar-refractivity contribution is 6.32. The van der Waals surface area contributed by atoms with Gasteiger partial charge in [0.2, 0.25) is 0 Å². The van der Waals surface area contributed by atoms with E-state index in [0.29, 0.717) is 22.9 Å². The van der Waals surface area contributed by atoms with Gasteiger partial charge >= 0.3 is 5.97 Å². The molecule has 0 heterocycles. The van der Waals surface area contributed by atoms with Gasteiger partial charge in [-0.2, -0.15) is 0 Å². The smallest absolute Gasteiger partial charge is 0.326 e. The Hall–Kier alpha value is -1.66. The zero-order valence-electron chi connectivity index (χ0n) is 12.2. The molecule has 0 saturated heterocycles. The first-order chi connectivity index (χ1) is 9.40. The minimum atomic E-state index is -1.26. The number of carboxylic acid groups (broad SMARTS) is 1. The van der Waals surface area contributed by atoms with Crippen molar-refractivity contribution >= 4 is 17.6 Å². The lowest BCUT2D eigenvalue weighted by Crippen LogP contribution is -2.39. The lowest BCUT2D eigenvalue weighted by atomic mass is 9.72. The number of hydrogen-bond acceptors (Lipinski definition) is 2. The predicted molar refractivity (Wildman–Crippen MR) is 80.2 cm³/mol. The van der Waals surface area contributed by atoms with Gasteiger partial charge in [-0.3, -0.25) is 4.79 Å². The van der Waals surface area contributed by atoms with Gasteiger partial charge in [-0.25, -0.2) is 0 Å². The van der Waals surface area contributed by atoms with Gasteiger partial charge in [0.1, 0.15) is 5.75 Å². The maximum atomic E-state index is 11.8. The fourth-order valence-electron chi connectivity index (χ4n) is 2.19. The van der Waals surface area contributed by atoms with Crippen LogP contribution in [0.1, 0.15) is 33.3 Å². The molecule has 20 heavy (non-hydrogen) atoms. The molecule has 0 saturated carbocycles. The van der Waals surface area contributed by atoms with Crippen molar-refractivity contribution in [1.29, 1.82) is 0 Å². The zero-order chi connectivity index (χ0) is 15.3. The standard InChI is InChI=1S/C16H19ClO3/c1-5-9-16(11(3)4,15(18)19)12-7-8-14(20-6-2)13(17)10-12/h7-8,10-11H,6H2,1-4H3,(H,18,19). The summed E-state index contributed by atoms with van der Waals surface area (Å²) in [4.78, 5) is 11.8. The third kappa shape index (κ3) is 2.91. The Labute approximate surface area is 124 Å². The van der Waals surface area contributed by atoms with Crippen LogP contribution in [0.3, 0.4) is 0 Å². The summed E-state index contributed by atoms with van der Waals surface area (Å²) in [5.41, 5.74) is -0.689. The molecule has 1 unspecified atom stereocenters. The van der Waals surface area contributed by atoms with E-state index >= 15 is 0 Å². The van der Waals surface area contributed by atoms with Crippen LogP contribution in [0.25, 0.3) is 0 Å². The number of benzene rings is 1. The second-order valence-corrected chi connectivity index (χ2v) is 5.13. The van der Waals surface area contributed by atoms with Crippen LogP contribution in [0.2, 0.25) is 5.02 Å². The van der Waals surface area contributed by atoms with Crippen molar-refractivity contribution in [3.63, 3.8) is 0 Å². The van der Waals surface area contributed by atoms with Gasteiger partial charge in [-0.1, -0.05) is 37.4 Å². The quantitative estimate of drug-likeness (QED) is 0.842. The summed E-state index contributed by atoms with van der Waals surface area (Å²) in [6, 6.07) is 5.04. The molecule has 1 aromatic rings. The molecule has 108 valence electrons. The molecule has 1 rings (SSSR count). The molecule has 1 aromatic carbocycles. The van der Waals surface area contributed by atoms with E-state index in [1.807, 2.05) is 20.8 Å². The average Bonchev–Trinajstić information content (AvgIpc) is 2.37. The summed E-state index contributed by atoms with van der Waals surface area (Å²) in [5.74, 6) is 4.95. The Bertz CT molecular complexity index is 555. The molecule has 0 aromatic heterocycles. The first-order valence-corrected chi connectivity index (χ1v) is 6.88. The Morgan fingerprint density at radius 1 is 1.50 bits per heavy atom. The largest absolute Gasteiger partial charge is 0.492 e. The number of ether oxygens (including phenoxy) is 1. The molecule has 0 aliphatic carbocycles. The van der Waals surface area contributed by atoms with E-state index in [0.717, 1.165) is 0 Å². The molecule has 3 nitrogen and oxygen atoms in total. The molecule has 4 heteroatoms. The van der Waals surface area contributed by atoms with E-state index < -0.39 is 11.4 Å². The summed E-state index contributed by atoms with van der Waals surface area (Å²) in [7, 11) is 0. The van der Waals surface area contributed by atoms with E-state index in [4.69, 9.17) is 16.3 Å². The maximum absolute atomic E-state index is 11.8. The fraction of sp³-hybridized carbons (Fsp3) is 0.438. The van der Waals surface area contributed by atoms with E-state index in [9.17, 15) is 9.90 Å². The monoisotopic (exact) mass is 294 g/mol. The topological polar surface area (TPSA) is 46.5 Å². The van der Waals surface area contributed by atoms with Crippen molar-refractivity contribution in [3.05, 3.63) is 28.8 Å². The second kappa shape index (κ2) is 6.67. The van der Waals surface area contributed by atoms with Crippen LogP contribution in [0, 0.1) is 17.8 Å². The number of carboxylic acids is 1. The second-order valence-electron chi connectivity index (χ2n) is 4.72. The first kappa shape index (κ1) is 16.4. The van der Waals surface area contributed by atoms with Crippen molar-refractivity contribution in [2.24, 2.45) is 5.92 Å². The summed E-state index contributed by atoms with van der Waals surface area (Å²) >= 11 is 6.16. The SMILES string of the molecule is CC#CC(C(=O)O)(c1ccc(OCC)c(Cl)c1)C(C)C. The van der Waals surface area contributed by atoms with Crippen molar-refractivity contribution in [2.75, 3.05) is 6.61 Å². The fourth-order valence-corrected chi connectivity index (χ4v) is 2.42. The Kier molecular flexibility index (Phi) is 5.47. The molecule has 0 bridgehead atoms. The average molecular weight is 295 g/mol. The predicted octanol–water partition coefficient (Wildman–Crippen LogP) is 3.74. The summed E-state index contributed by atoms with van der Waals surface area (Å²) in [5, 5.41) is 10.1. The lowest BCUT2D eigenvalue weighted by molar-refractivity contribution is -0.143. The van der Waals surface area contributed by atoms with Crippen molar-refractivity contribution in [2.45, 2.75) is 33.1 Å². The van der Waals surface area contributed by atoms with Gasteiger partial charge in [0.15, 0.2) is 5.41 Å². The molecule has 0 spiro atoms. The number of hydrogen-bond donors (Lipinski definition) is 1. The summed E-state index contributed by atoms with van der Waals surface area (Å²) in [6.07, 6.45) is 0. The molecule has 0 amide bonds. The number of aliphatic carboxylic acids is 1. The minimum absolute atomic E-state index is 0.193. The summed E-state index contributed by atoms with van der Waals surface area (Å²) in [6.45, 7) is 7.67. The van der Waals surface area contributed by atoms with Crippen LogP contribution in [0.4, 0.5) is 0 Å². The molecule has 1 N–H and O–H groups in total. The first-order valence-electron chi connectivity index (χ1n) is 6.50. The van der Waals surface area contributed by atoms with Crippen LogP contribution >= 0.6 is 11.6 Å². The molecule has 0 aliphatic heterocycles. The van der Waals surface area contributed by atoms with Gasteiger partial charge in [0.25, 0.3) is 0 Å². The van der Waals surface area contributed by atoms with E-state index in [-0.39, 0.29) is 5.92 Å². The van der Waals surface area contributed by atoms with Crippen LogP contribution in [-0.4, -0.2) is 17.7 Å². The minimum Gasteiger partial charge on any atom is -0.492 e. The summed E-state index contributed by atoms with van der Waals surface area (Å²) < 4.78 is 5.37. The third-order valence-corrected chi connectivity index (χ3v) is 3.51. The van der Waals surface area contributed by atoms with Crippen molar-refractivity contribution < 1.29 is 14.6 Å². The highest BCUT2D eigenvalue weighted by Gasteiger charge is 2.42. The molecule has 0 aliphatic rings. The van der Waals surface area contributed by atoms with Gasteiger partial charge in [0, 0.05) is 0 Å². The van der Waals surface area contributed by atoms with Crippen LogP contribution in [0.5, 0.6) is 5.75 Å². The Morgan fingerprint density at radius 2 is 2.15 bits per heavy atom. The van der Waals surface area contributed by atoms with Gasteiger partial charge < -0.3 is 9.84 Å². The molecular weight excluding hydrogens is 276 g/mol. The Balaban J connectivity index is 3.45. The van der Waals surface area contributed by atoms with Crippen LogP contribution < -0.4 is 4.74 Å². The van der Waals surface area contributed by atoms with Crippen molar-refractivity contribution in [3.8, 4) is 17.6 Å². The Morgan fingerprint density at radius 3 is 2.55 bits per heavy atom. The maximum Gasteiger partial charge on any atom is 0.326 e. The number of rotatable bonds is 5.